The Morgan fingerprint density at radius 1 is 1.19 bits per heavy atom. The molecule has 0 spiro atoms. The van der Waals surface area contributed by atoms with Crippen molar-refractivity contribution in [3.05, 3.63) is 12.7 Å². The molecule has 1 fully saturated rings. The minimum atomic E-state index is -1.10. The maximum Gasteiger partial charge on any atom is 0.407 e. The molecule has 1 aliphatic rings. The Bertz CT molecular complexity index is 589. The Hall–Kier alpha value is -2.05. The second kappa shape index (κ2) is 8.31. The van der Waals surface area contributed by atoms with Crippen LogP contribution >= 0.6 is 0 Å². The fourth-order valence-corrected chi connectivity index (χ4v) is 3.52. The zero-order chi connectivity index (χ0) is 21.0. The average Bonchev–Trinajstić information content (AvgIpc) is 2.72. The van der Waals surface area contributed by atoms with E-state index in [1.807, 2.05) is 20.8 Å². The topological polar surface area (TPSA) is 96.5 Å². The van der Waals surface area contributed by atoms with Crippen molar-refractivity contribution in [3.8, 4) is 0 Å². The van der Waals surface area contributed by atoms with Crippen molar-refractivity contribution in [3.63, 3.8) is 0 Å². The van der Waals surface area contributed by atoms with Crippen LogP contribution in [0.2, 0.25) is 0 Å². The molecule has 0 aromatic rings. The molecule has 0 aromatic carbocycles. The fraction of sp³-hybridized carbons (Fsp3) is 0.750. The normalized spacial score (nSPS) is 25.4. The molecule has 0 saturated heterocycles. The highest BCUT2D eigenvalue weighted by atomic mass is 16.6. The van der Waals surface area contributed by atoms with Gasteiger partial charge in [-0.25, -0.2) is 4.79 Å². The molecule has 0 bridgehead atoms. The second-order valence-corrected chi connectivity index (χ2v) is 9.36. The minimum Gasteiger partial charge on any atom is -0.444 e. The Morgan fingerprint density at radius 2 is 1.78 bits per heavy atom. The van der Waals surface area contributed by atoms with Crippen molar-refractivity contribution in [2.24, 2.45) is 5.92 Å². The molecule has 0 radical (unpaired) electrons. The molecule has 0 aliphatic heterocycles. The van der Waals surface area contributed by atoms with E-state index < -0.39 is 22.8 Å². The first-order chi connectivity index (χ1) is 12.2. The first-order valence-corrected chi connectivity index (χ1v) is 9.40. The number of carbonyl (C=O) groups excluding carboxylic acids is 3. The Labute approximate surface area is 162 Å². The van der Waals surface area contributed by atoms with Gasteiger partial charge in [-0.05, 0) is 60.3 Å². The Morgan fingerprint density at radius 3 is 2.22 bits per heavy atom. The van der Waals surface area contributed by atoms with Crippen LogP contribution in [0.15, 0.2) is 12.7 Å². The fourth-order valence-electron chi connectivity index (χ4n) is 3.52. The smallest absolute Gasteiger partial charge is 0.407 e. The molecule has 3 amide bonds. The van der Waals surface area contributed by atoms with E-state index in [9.17, 15) is 14.4 Å². The highest BCUT2D eigenvalue weighted by Crippen LogP contribution is 2.39. The molecular weight excluding hydrogens is 346 g/mol. The molecule has 1 saturated carbocycles. The number of allylic oxidation sites excluding steroid dienone is 1. The van der Waals surface area contributed by atoms with E-state index >= 15 is 0 Å². The van der Waals surface area contributed by atoms with Crippen molar-refractivity contribution in [1.29, 1.82) is 0 Å². The Kier molecular flexibility index (Phi) is 7.08. The number of amides is 3. The van der Waals surface area contributed by atoms with Gasteiger partial charge in [-0.3, -0.25) is 9.59 Å². The molecular formula is C20H35N3O4. The molecule has 0 unspecified atom stereocenters. The first-order valence-electron chi connectivity index (χ1n) is 9.40. The summed E-state index contributed by atoms with van der Waals surface area (Å²) in [6.45, 7) is 16.2. The lowest BCUT2D eigenvalue weighted by Gasteiger charge is -2.37. The SMILES string of the molecule is C=CC[C@H]1C[C@H](NC(=O)OC(C)(C)C)C[C@@]1(NC(C)=O)C(=O)NC(C)(C)C. The van der Waals surface area contributed by atoms with Crippen molar-refractivity contribution in [1.82, 2.24) is 16.0 Å². The molecule has 0 heterocycles. The lowest BCUT2D eigenvalue weighted by molar-refractivity contribution is -0.135. The van der Waals surface area contributed by atoms with Gasteiger partial charge in [0.2, 0.25) is 11.8 Å². The van der Waals surface area contributed by atoms with E-state index in [-0.39, 0.29) is 23.8 Å². The van der Waals surface area contributed by atoms with E-state index in [2.05, 4.69) is 22.5 Å². The van der Waals surface area contributed by atoms with Crippen molar-refractivity contribution in [2.75, 3.05) is 0 Å². The maximum atomic E-state index is 13.2. The molecule has 1 rings (SSSR count). The van der Waals surface area contributed by atoms with Gasteiger partial charge in [0.1, 0.15) is 11.1 Å². The van der Waals surface area contributed by atoms with Crippen LogP contribution in [0.25, 0.3) is 0 Å². The molecule has 3 atom stereocenters. The zero-order valence-electron chi connectivity index (χ0n) is 17.7. The molecule has 0 aromatic heterocycles. The van der Waals surface area contributed by atoms with Gasteiger partial charge >= 0.3 is 6.09 Å². The Balaban J connectivity index is 3.10. The van der Waals surface area contributed by atoms with Crippen LogP contribution in [0, 0.1) is 5.92 Å². The van der Waals surface area contributed by atoms with Crippen molar-refractivity contribution < 1.29 is 19.1 Å². The third-order valence-corrected chi connectivity index (χ3v) is 4.30. The predicted octanol–water partition coefficient (Wildman–Crippen LogP) is 2.66. The van der Waals surface area contributed by atoms with E-state index in [0.29, 0.717) is 19.3 Å². The quantitative estimate of drug-likeness (QED) is 0.638. The van der Waals surface area contributed by atoms with Crippen molar-refractivity contribution >= 4 is 17.9 Å². The van der Waals surface area contributed by atoms with E-state index in [0.717, 1.165) is 0 Å². The van der Waals surface area contributed by atoms with Gasteiger partial charge < -0.3 is 20.7 Å². The number of rotatable bonds is 5. The van der Waals surface area contributed by atoms with Gasteiger partial charge in [-0.2, -0.15) is 0 Å². The summed E-state index contributed by atoms with van der Waals surface area (Å²) in [4.78, 5) is 37.2. The zero-order valence-corrected chi connectivity index (χ0v) is 17.7. The van der Waals surface area contributed by atoms with Crippen LogP contribution in [0.1, 0.15) is 67.7 Å². The van der Waals surface area contributed by atoms with E-state index in [4.69, 9.17) is 4.74 Å². The molecule has 154 valence electrons. The largest absolute Gasteiger partial charge is 0.444 e. The van der Waals surface area contributed by atoms with Crippen LogP contribution in [-0.4, -0.2) is 40.6 Å². The summed E-state index contributed by atoms with van der Waals surface area (Å²) in [7, 11) is 0. The van der Waals surface area contributed by atoms with Crippen LogP contribution < -0.4 is 16.0 Å². The number of alkyl carbamates (subject to hydrolysis) is 1. The third kappa shape index (κ3) is 6.88. The van der Waals surface area contributed by atoms with Crippen LogP contribution in [0.3, 0.4) is 0 Å². The lowest BCUT2D eigenvalue weighted by atomic mass is 9.82. The van der Waals surface area contributed by atoms with Gasteiger partial charge in [0.05, 0.1) is 0 Å². The molecule has 7 heteroatoms. The summed E-state index contributed by atoms with van der Waals surface area (Å²) in [5.41, 5.74) is -2.16. The molecule has 7 nitrogen and oxygen atoms in total. The first kappa shape index (κ1) is 23.0. The van der Waals surface area contributed by atoms with Gasteiger partial charge in [0.25, 0.3) is 0 Å². The highest BCUT2D eigenvalue weighted by molar-refractivity contribution is 5.92. The minimum absolute atomic E-state index is 0.179. The third-order valence-electron chi connectivity index (χ3n) is 4.30. The van der Waals surface area contributed by atoms with Gasteiger partial charge in [-0.15, -0.1) is 6.58 Å². The summed E-state index contributed by atoms with van der Waals surface area (Å²) < 4.78 is 5.33. The number of hydrogen-bond acceptors (Lipinski definition) is 4. The highest BCUT2D eigenvalue weighted by Gasteiger charge is 2.53. The number of hydrogen-bond donors (Lipinski definition) is 3. The van der Waals surface area contributed by atoms with E-state index in [1.54, 1.807) is 26.8 Å². The van der Waals surface area contributed by atoms with Gasteiger partial charge in [0.15, 0.2) is 0 Å². The van der Waals surface area contributed by atoms with Crippen LogP contribution in [0.4, 0.5) is 4.79 Å². The van der Waals surface area contributed by atoms with Crippen LogP contribution in [0.5, 0.6) is 0 Å². The van der Waals surface area contributed by atoms with Gasteiger partial charge in [-0.1, -0.05) is 6.08 Å². The summed E-state index contributed by atoms with van der Waals surface area (Å²) in [5.74, 6) is -0.710. The predicted molar refractivity (Wildman–Crippen MR) is 105 cm³/mol. The average molecular weight is 382 g/mol. The second-order valence-electron chi connectivity index (χ2n) is 9.36. The summed E-state index contributed by atoms with van der Waals surface area (Å²) in [5, 5.41) is 8.69. The summed E-state index contributed by atoms with van der Waals surface area (Å²) >= 11 is 0. The van der Waals surface area contributed by atoms with E-state index in [1.165, 1.54) is 6.92 Å². The molecule has 1 aliphatic carbocycles. The molecule has 3 N–H and O–H groups in total. The maximum absolute atomic E-state index is 13.2. The number of ether oxygens (including phenoxy) is 1. The lowest BCUT2D eigenvalue weighted by Crippen LogP contribution is -2.63. The molecule has 27 heavy (non-hydrogen) atoms. The summed E-state index contributed by atoms with van der Waals surface area (Å²) in [6.07, 6.45) is 2.60. The number of carbonyl (C=O) groups is 3. The van der Waals surface area contributed by atoms with Crippen molar-refractivity contribution in [2.45, 2.75) is 90.4 Å². The number of nitrogens with one attached hydrogen (secondary N) is 3. The van der Waals surface area contributed by atoms with Gasteiger partial charge in [0, 0.05) is 24.9 Å². The van der Waals surface area contributed by atoms with Crippen LogP contribution in [-0.2, 0) is 14.3 Å². The standard InChI is InChI=1S/C20H35N3O4/c1-9-10-14-11-15(21-17(26)27-19(6,7)8)12-20(14,22-13(2)24)16(25)23-18(3,4)5/h9,14-15H,1,10-12H2,2-8H3,(H,21,26)(H,22,24)(H,23,25)/t14-,15-,20-/m0/s1. The monoisotopic (exact) mass is 381 g/mol. The summed E-state index contributed by atoms with van der Waals surface area (Å²) in [6, 6.07) is -0.289.